The Kier molecular flexibility index (Phi) is 6.59. The molecule has 0 aliphatic heterocycles. The summed E-state index contributed by atoms with van der Waals surface area (Å²) >= 11 is 0. The van der Waals surface area contributed by atoms with E-state index in [2.05, 4.69) is 24.4 Å². The van der Waals surface area contributed by atoms with Gasteiger partial charge in [0, 0.05) is 18.5 Å². The second-order valence-corrected chi connectivity index (χ2v) is 6.96. The topological polar surface area (TPSA) is 12.0 Å². The molecule has 0 spiro atoms. The minimum Gasteiger partial charge on any atom is -0.387 e. The average molecular weight is 377 g/mol. The number of hydrogen-bond acceptors (Lipinski definition) is 1. The van der Waals surface area contributed by atoms with Crippen LogP contribution in [0.25, 0.3) is 11.1 Å². The molecular formula is C25H25F2N. The first-order chi connectivity index (χ1) is 13.6. The van der Waals surface area contributed by atoms with Gasteiger partial charge >= 0.3 is 0 Å². The first-order valence-corrected chi connectivity index (χ1v) is 9.53. The summed E-state index contributed by atoms with van der Waals surface area (Å²) in [5.74, 6) is -0.837. The molecule has 28 heavy (non-hydrogen) atoms. The van der Waals surface area contributed by atoms with Gasteiger partial charge < -0.3 is 5.32 Å². The molecule has 3 heteroatoms. The zero-order valence-electron chi connectivity index (χ0n) is 16.3. The Hall–Kier alpha value is -2.94. The normalized spacial score (nSPS) is 15.5. The predicted octanol–water partition coefficient (Wildman–Crippen LogP) is 7.11. The molecule has 1 aliphatic rings. The van der Waals surface area contributed by atoms with Gasteiger partial charge in [0.05, 0.1) is 0 Å². The van der Waals surface area contributed by atoms with Crippen LogP contribution in [-0.4, -0.2) is 0 Å². The molecular weight excluding hydrogens is 352 g/mol. The van der Waals surface area contributed by atoms with Crippen molar-refractivity contribution in [3.8, 4) is 0 Å². The third-order valence-electron chi connectivity index (χ3n) is 5.00. The molecule has 0 heterocycles. The molecule has 0 saturated heterocycles. The summed E-state index contributed by atoms with van der Waals surface area (Å²) in [6.07, 6.45) is 6.13. The third kappa shape index (κ3) is 4.86. The van der Waals surface area contributed by atoms with Crippen LogP contribution < -0.4 is 5.32 Å². The minimum atomic E-state index is -0.465. The third-order valence-corrected chi connectivity index (χ3v) is 5.00. The quantitative estimate of drug-likeness (QED) is 0.529. The highest BCUT2D eigenvalue weighted by atomic mass is 19.1. The van der Waals surface area contributed by atoms with Gasteiger partial charge in [-0.25, -0.2) is 8.78 Å². The van der Waals surface area contributed by atoms with E-state index in [4.69, 9.17) is 0 Å². The van der Waals surface area contributed by atoms with Gasteiger partial charge in [-0.15, -0.1) is 0 Å². The Morgan fingerprint density at radius 3 is 2.39 bits per heavy atom. The number of benzene rings is 2. The molecule has 2 aromatic rings. The molecule has 0 atom stereocenters. The standard InChI is InChI=1S/C25H25F2N/c1-18(15-16-28-17-20-7-4-3-5-8-20)19(2)21-11-13-22(14-12-21)25-23(26)9-6-10-24(25)27/h3-5,7-9,11-16,28H,6,10,17H2,1-2H3/b16-15-,19-18+. The van der Waals surface area contributed by atoms with Gasteiger partial charge in [-0.1, -0.05) is 54.6 Å². The number of hydrogen-bond donors (Lipinski definition) is 1. The summed E-state index contributed by atoms with van der Waals surface area (Å²) in [6, 6.07) is 17.6. The molecule has 0 radical (unpaired) electrons. The van der Waals surface area contributed by atoms with Crippen molar-refractivity contribution in [3.63, 3.8) is 0 Å². The Morgan fingerprint density at radius 1 is 1.00 bits per heavy atom. The maximum Gasteiger partial charge on any atom is 0.129 e. The summed E-state index contributed by atoms with van der Waals surface area (Å²) < 4.78 is 28.0. The van der Waals surface area contributed by atoms with Gasteiger partial charge in [-0.2, -0.15) is 0 Å². The van der Waals surface area contributed by atoms with Gasteiger partial charge in [0.1, 0.15) is 11.7 Å². The highest BCUT2D eigenvalue weighted by Crippen LogP contribution is 2.35. The zero-order valence-corrected chi connectivity index (χ0v) is 16.3. The summed E-state index contributed by atoms with van der Waals surface area (Å²) in [7, 11) is 0. The van der Waals surface area contributed by atoms with Crippen molar-refractivity contribution in [2.45, 2.75) is 33.2 Å². The van der Waals surface area contributed by atoms with Crippen LogP contribution in [-0.2, 0) is 6.54 Å². The van der Waals surface area contributed by atoms with E-state index in [-0.39, 0.29) is 17.8 Å². The molecule has 1 aliphatic carbocycles. The Labute approximate surface area is 165 Å². The SMILES string of the molecule is CC(/C=C\NCc1ccccc1)=C(/C)c1ccc(C2=C(F)CCC=C2F)cc1. The van der Waals surface area contributed by atoms with E-state index in [0.717, 1.165) is 23.3 Å². The maximum absolute atomic E-state index is 14.0. The van der Waals surface area contributed by atoms with E-state index in [1.807, 2.05) is 49.5 Å². The first kappa shape index (κ1) is 19.8. The minimum absolute atomic E-state index is 0.0983. The molecule has 0 amide bonds. The number of rotatable bonds is 6. The van der Waals surface area contributed by atoms with E-state index in [1.54, 1.807) is 12.1 Å². The van der Waals surface area contributed by atoms with Crippen molar-refractivity contribution in [1.82, 2.24) is 5.32 Å². The van der Waals surface area contributed by atoms with Crippen LogP contribution in [0.15, 0.2) is 90.2 Å². The molecule has 1 nitrogen and oxygen atoms in total. The summed E-state index contributed by atoms with van der Waals surface area (Å²) in [6.45, 7) is 4.88. The van der Waals surface area contributed by atoms with E-state index in [9.17, 15) is 8.78 Å². The van der Waals surface area contributed by atoms with Gasteiger partial charge in [0.25, 0.3) is 0 Å². The second-order valence-electron chi connectivity index (χ2n) is 6.96. The van der Waals surface area contributed by atoms with Gasteiger partial charge in [0.15, 0.2) is 0 Å². The molecule has 0 aromatic heterocycles. The van der Waals surface area contributed by atoms with Crippen molar-refractivity contribution in [1.29, 1.82) is 0 Å². The second kappa shape index (κ2) is 9.32. The van der Waals surface area contributed by atoms with Gasteiger partial charge in [-0.3, -0.25) is 0 Å². The van der Waals surface area contributed by atoms with Crippen molar-refractivity contribution >= 4 is 11.1 Å². The largest absolute Gasteiger partial charge is 0.387 e. The lowest BCUT2D eigenvalue weighted by atomic mass is 9.94. The average Bonchev–Trinajstić information content (AvgIpc) is 2.72. The smallest absolute Gasteiger partial charge is 0.129 e. The monoisotopic (exact) mass is 377 g/mol. The first-order valence-electron chi connectivity index (χ1n) is 9.53. The van der Waals surface area contributed by atoms with E-state index < -0.39 is 5.83 Å². The fraction of sp³-hybridized carbons (Fsp3) is 0.200. The number of allylic oxidation sites excluding steroid dienone is 7. The molecule has 144 valence electrons. The Balaban J connectivity index is 1.68. The van der Waals surface area contributed by atoms with Crippen molar-refractivity contribution in [3.05, 3.63) is 107 Å². The van der Waals surface area contributed by atoms with Crippen LogP contribution in [0.2, 0.25) is 0 Å². The Morgan fingerprint density at radius 2 is 1.71 bits per heavy atom. The highest BCUT2D eigenvalue weighted by Gasteiger charge is 2.18. The summed E-state index contributed by atoms with van der Waals surface area (Å²) in [5.41, 5.74) is 5.20. The molecule has 0 unspecified atom stereocenters. The van der Waals surface area contributed by atoms with E-state index in [1.165, 1.54) is 11.6 Å². The lowest BCUT2D eigenvalue weighted by molar-refractivity contribution is 0.568. The number of nitrogens with one attached hydrogen (secondary N) is 1. The maximum atomic E-state index is 14.0. The fourth-order valence-corrected chi connectivity index (χ4v) is 3.17. The fourth-order valence-electron chi connectivity index (χ4n) is 3.17. The van der Waals surface area contributed by atoms with E-state index in [0.29, 0.717) is 12.0 Å². The summed E-state index contributed by atoms with van der Waals surface area (Å²) in [5, 5.41) is 3.29. The molecule has 3 rings (SSSR count). The van der Waals surface area contributed by atoms with Gasteiger partial charge in [0.2, 0.25) is 0 Å². The molecule has 2 aromatic carbocycles. The highest BCUT2D eigenvalue weighted by molar-refractivity contribution is 5.80. The molecule has 0 bridgehead atoms. The lowest BCUT2D eigenvalue weighted by Gasteiger charge is -2.13. The molecule has 1 N–H and O–H groups in total. The van der Waals surface area contributed by atoms with Crippen LogP contribution in [0.5, 0.6) is 0 Å². The van der Waals surface area contributed by atoms with Crippen LogP contribution >= 0.6 is 0 Å². The number of halogens is 2. The predicted molar refractivity (Wildman–Crippen MR) is 114 cm³/mol. The van der Waals surface area contributed by atoms with Crippen molar-refractivity contribution in [2.24, 2.45) is 0 Å². The van der Waals surface area contributed by atoms with Crippen LogP contribution in [0, 0.1) is 0 Å². The molecule has 0 fully saturated rings. The van der Waals surface area contributed by atoms with E-state index >= 15 is 0 Å². The van der Waals surface area contributed by atoms with Gasteiger partial charge in [-0.05, 0) is 66.5 Å². The van der Waals surface area contributed by atoms with Crippen LogP contribution in [0.1, 0.15) is 43.4 Å². The molecule has 0 saturated carbocycles. The van der Waals surface area contributed by atoms with Crippen LogP contribution in [0.3, 0.4) is 0 Å². The van der Waals surface area contributed by atoms with Crippen molar-refractivity contribution in [2.75, 3.05) is 0 Å². The van der Waals surface area contributed by atoms with Crippen molar-refractivity contribution < 1.29 is 8.78 Å². The Bertz CT molecular complexity index is 932. The lowest BCUT2D eigenvalue weighted by Crippen LogP contribution is -2.03. The summed E-state index contributed by atoms with van der Waals surface area (Å²) in [4.78, 5) is 0. The van der Waals surface area contributed by atoms with Crippen LogP contribution in [0.4, 0.5) is 8.78 Å². The zero-order chi connectivity index (χ0) is 19.9.